The van der Waals surface area contributed by atoms with E-state index in [0.717, 1.165) is 5.56 Å². The van der Waals surface area contributed by atoms with Crippen LogP contribution in [-0.4, -0.2) is 16.1 Å². The van der Waals surface area contributed by atoms with Gasteiger partial charge >= 0.3 is 0 Å². The molecule has 0 aliphatic heterocycles. The lowest BCUT2D eigenvalue weighted by Crippen LogP contribution is -2.12. The molecule has 1 aromatic carbocycles. The van der Waals surface area contributed by atoms with E-state index in [-0.39, 0.29) is 5.91 Å². The third-order valence-electron chi connectivity index (χ3n) is 2.02. The summed E-state index contributed by atoms with van der Waals surface area (Å²) in [6, 6.07) is 9.12. The van der Waals surface area contributed by atoms with Crippen LogP contribution in [-0.2, 0) is 0 Å². The molecule has 0 saturated carbocycles. The largest absolute Gasteiger partial charge is 0.305 e. The van der Waals surface area contributed by atoms with Gasteiger partial charge in [0, 0.05) is 17.8 Å². The minimum atomic E-state index is -0.147. The molecular weight excluding hydrogens is 190 g/mol. The highest BCUT2D eigenvalue weighted by molar-refractivity contribution is 6.03. The minimum absolute atomic E-state index is 0.147. The van der Waals surface area contributed by atoms with Gasteiger partial charge in [-0.15, -0.1) is 0 Å². The van der Waals surface area contributed by atoms with E-state index in [2.05, 4.69) is 15.5 Å². The van der Waals surface area contributed by atoms with Gasteiger partial charge in [0.05, 0.1) is 0 Å². The summed E-state index contributed by atoms with van der Waals surface area (Å²) in [5.41, 5.74) is 1.70. The number of hydrogen-bond donors (Lipinski definition) is 2. The summed E-state index contributed by atoms with van der Waals surface area (Å²) in [5, 5.41) is 9.16. The van der Waals surface area contributed by atoms with Gasteiger partial charge < -0.3 is 5.32 Å². The van der Waals surface area contributed by atoms with Crippen molar-refractivity contribution in [3.63, 3.8) is 0 Å². The lowest BCUT2D eigenvalue weighted by atomic mass is 10.1. The number of benzene rings is 1. The molecular formula is C11H11N3O. The Morgan fingerprint density at radius 2 is 2.27 bits per heavy atom. The Morgan fingerprint density at radius 1 is 1.40 bits per heavy atom. The number of anilines is 1. The van der Waals surface area contributed by atoms with E-state index in [1.807, 2.05) is 25.1 Å². The molecule has 2 aromatic rings. The van der Waals surface area contributed by atoms with E-state index in [0.29, 0.717) is 11.4 Å². The van der Waals surface area contributed by atoms with Gasteiger partial charge in [-0.05, 0) is 19.1 Å². The summed E-state index contributed by atoms with van der Waals surface area (Å²) in [7, 11) is 0. The van der Waals surface area contributed by atoms with Crippen molar-refractivity contribution in [1.29, 1.82) is 0 Å². The first-order valence-corrected chi connectivity index (χ1v) is 4.63. The SMILES string of the molecule is Cc1cccc(C(=O)Nc2cc[nH]n2)c1. The zero-order valence-electron chi connectivity index (χ0n) is 8.32. The standard InChI is InChI=1S/C11H11N3O/c1-8-3-2-4-9(7-8)11(15)13-10-5-6-12-14-10/h2-7H,1H3,(H2,12,13,14,15). The number of nitrogens with zero attached hydrogens (tertiary/aromatic N) is 1. The van der Waals surface area contributed by atoms with Crippen molar-refractivity contribution in [3.8, 4) is 0 Å². The number of H-pyrrole nitrogens is 1. The first-order valence-electron chi connectivity index (χ1n) is 4.63. The average Bonchev–Trinajstić information content (AvgIpc) is 2.70. The Bertz CT molecular complexity index is 462. The Labute approximate surface area is 87.3 Å². The predicted octanol–water partition coefficient (Wildman–Crippen LogP) is 1.97. The van der Waals surface area contributed by atoms with Crippen LogP contribution in [0.1, 0.15) is 15.9 Å². The van der Waals surface area contributed by atoms with Gasteiger partial charge in [0.2, 0.25) is 0 Å². The van der Waals surface area contributed by atoms with Crippen LogP contribution >= 0.6 is 0 Å². The number of carbonyl (C=O) groups excluding carboxylic acids is 1. The second-order valence-electron chi connectivity index (χ2n) is 3.28. The molecule has 0 fully saturated rings. The summed E-state index contributed by atoms with van der Waals surface area (Å²) in [5.74, 6) is 0.382. The first kappa shape index (κ1) is 9.45. The van der Waals surface area contributed by atoms with Crippen molar-refractivity contribution < 1.29 is 4.79 Å². The molecule has 0 aliphatic rings. The van der Waals surface area contributed by atoms with Crippen LogP contribution < -0.4 is 5.32 Å². The average molecular weight is 201 g/mol. The Morgan fingerprint density at radius 3 is 2.93 bits per heavy atom. The van der Waals surface area contributed by atoms with E-state index in [1.54, 1.807) is 18.3 Å². The van der Waals surface area contributed by atoms with E-state index in [4.69, 9.17) is 0 Å². The van der Waals surface area contributed by atoms with Crippen LogP contribution in [0.15, 0.2) is 36.5 Å². The highest BCUT2D eigenvalue weighted by atomic mass is 16.1. The van der Waals surface area contributed by atoms with Gasteiger partial charge in [0.1, 0.15) is 0 Å². The van der Waals surface area contributed by atoms with Crippen LogP contribution in [0.25, 0.3) is 0 Å². The molecule has 1 aromatic heterocycles. The molecule has 0 unspecified atom stereocenters. The quantitative estimate of drug-likeness (QED) is 0.780. The molecule has 0 bridgehead atoms. The monoisotopic (exact) mass is 201 g/mol. The minimum Gasteiger partial charge on any atom is -0.305 e. The molecule has 1 heterocycles. The number of amides is 1. The maximum Gasteiger partial charge on any atom is 0.256 e. The van der Waals surface area contributed by atoms with Gasteiger partial charge in [-0.2, -0.15) is 5.10 Å². The van der Waals surface area contributed by atoms with Crippen molar-refractivity contribution in [1.82, 2.24) is 10.2 Å². The summed E-state index contributed by atoms with van der Waals surface area (Å²) < 4.78 is 0. The fourth-order valence-corrected chi connectivity index (χ4v) is 1.30. The third-order valence-corrected chi connectivity index (χ3v) is 2.02. The van der Waals surface area contributed by atoms with E-state index >= 15 is 0 Å². The van der Waals surface area contributed by atoms with Crippen molar-refractivity contribution >= 4 is 11.7 Å². The predicted molar refractivity (Wildman–Crippen MR) is 57.7 cm³/mol. The maximum atomic E-state index is 11.7. The van der Waals surface area contributed by atoms with Crippen molar-refractivity contribution in [2.24, 2.45) is 0 Å². The van der Waals surface area contributed by atoms with E-state index < -0.39 is 0 Å². The van der Waals surface area contributed by atoms with Crippen LogP contribution in [0.5, 0.6) is 0 Å². The van der Waals surface area contributed by atoms with Gasteiger partial charge in [0.15, 0.2) is 5.82 Å². The molecule has 0 saturated heterocycles. The fourth-order valence-electron chi connectivity index (χ4n) is 1.30. The molecule has 2 N–H and O–H groups in total. The molecule has 0 spiro atoms. The van der Waals surface area contributed by atoms with Crippen LogP contribution in [0.4, 0.5) is 5.82 Å². The molecule has 15 heavy (non-hydrogen) atoms. The molecule has 4 nitrogen and oxygen atoms in total. The number of rotatable bonds is 2. The van der Waals surface area contributed by atoms with Gasteiger partial charge in [-0.3, -0.25) is 9.89 Å². The molecule has 0 aliphatic carbocycles. The van der Waals surface area contributed by atoms with Gasteiger partial charge in [0.25, 0.3) is 5.91 Å². The molecule has 0 atom stereocenters. The molecule has 76 valence electrons. The van der Waals surface area contributed by atoms with Crippen LogP contribution in [0, 0.1) is 6.92 Å². The number of hydrogen-bond acceptors (Lipinski definition) is 2. The van der Waals surface area contributed by atoms with E-state index in [9.17, 15) is 4.79 Å². The van der Waals surface area contributed by atoms with Crippen molar-refractivity contribution in [3.05, 3.63) is 47.7 Å². The highest BCUT2D eigenvalue weighted by Gasteiger charge is 2.06. The second kappa shape index (κ2) is 3.96. The number of aryl methyl sites for hydroxylation is 1. The lowest BCUT2D eigenvalue weighted by Gasteiger charge is -2.02. The Kier molecular flexibility index (Phi) is 2.49. The van der Waals surface area contributed by atoms with Gasteiger partial charge in [-0.1, -0.05) is 17.7 Å². The zero-order chi connectivity index (χ0) is 10.7. The second-order valence-corrected chi connectivity index (χ2v) is 3.28. The first-order chi connectivity index (χ1) is 7.25. The molecule has 2 rings (SSSR count). The summed E-state index contributed by atoms with van der Waals surface area (Å²) >= 11 is 0. The number of nitrogens with one attached hydrogen (secondary N) is 2. The number of aromatic amines is 1. The molecule has 1 amide bonds. The van der Waals surface area contributed by atoms with Crippen molar-refractivity contribution in [2.45, 2.75) is 6.92 Å². The third kappa shape index (κ3) is 2.22. The van der Waals surface area contributed by atoms with Crippen molar-refractivity contribution in [2.75, 3.05) is 5.32 Å². The van der Waals surface area contributed by atoms with Crippen LogP contribution in [0.2, 0.25) is 0 Å². The number of aromatic nitrogens is 2. The lowest BCUT2D eigenvalue weighted by molar-refractivity contribution is 0.102. The van der Waals surface area contributed by atoms with E-state index in [1.165, 1.54) is 0 Å². The Balaban J connectivity index is 2.15. The normalized spacial score (nSPS) is 9.93. The maximum absolute atomic E-state index is 11.7. The Hall–Kier alpha value is -2.10. The number of carbonyl (C=O) groups is 1. The topological polar surface area (TPSA) is 57.8 Å². The zero-order valence-corrected chi connectivity index (χ0v) is 8.32. The fraction of sp³-hybridized carbons (Fsp3) is 0.0909. The molecule has 4 heteroatoms. The smallest absolute Gasteiger partial charge is 0.256 e. The summed E-state index contributed by atoms with van der Waals surface area (Å²) in [4.78, 5) is 11.7. The molecule has 0 radical (unpaired) electrons. The summed E-state index contributed by atoms with van der Waals surface area (Å²) in [6.07, 6.45) is 1.66. The van der Waals surface area contributed by atoms with Crippen LogP contribution in [0.3, 0.4) is 0 Å². The summed E-state index contributed by atoms with van der Waals surface area (Å²) in [6.45, 7) is 1.95. The highest BCUT2D eigenvalue weighted by Crippen LogP contribution is 2.07. The van der Waals surface area contributed by atoms with Gasteiger partial charge in [-0.25, -0.2) is 0 Å².